The molecular formula is C116H137BBrN15O11. The minimum atomic E-state index is -0.827. The van der Waals surface area contributed by atoms with Crippen LogP contribution in [0.3, 0.4) is 0 Å². The average Bonchev–Trinajstić information content (AvgIpc) is 1.58. The van der Waals surface area contributed by atoms with E-state index < -0.39 is 5.97 Å². The number of pyridine rings is 3. The van der Waals surface area contributed by atoms with Crippen molar-refractivity contribution in [2.24, 2.45) is 80.4 Å². The summed E-state index contributed by atoms with van der Waals surface area (Å²) in [5.74, 6) is -0.446. The fourth-order valence-corrected chi connectivity index (χ4v) is 24.1. The molecule has 3 aromatic rings. The lowest BCUT2D eigenvalue weighted by atomic mass is 9.83. The van der Waals surface area contributed by atoms with Gasteiger partial charge in [0.05, 0.1) is 121 Å². The van der Waals surface area contributed by atoms with Crippen LogP contribution >= 0.6 is 15.9 Å². The summed E-state index contributed by atoms with van der Waals surface area (Å²) < 4.78 is 11.0. The third-order valence-corrected chi connectivity index (χ3v) is 31.8. The molecule has 3 saturated heterocycles. The zero-order chi connectivity index (χ0) is 101. The van der Waals surface area contributed by atoms with Gasteiger partial charge in [0.25, 0.3) is 0 Å². The summed E-state index contributed by atoms with van der Waals surface area (Å²) in [7, 11) is 8.18. The van der Waals surface area contributed by atoms with Crippen LogP contribution in [-0.2, 0) is 23.9 Å². The van der Waals surface area contributed by atoms with Crippen LogP contribution in [0.25, 0.3) is 11.1 Å². The van der Waals surface area contributed by atoms with Crippen molar-refractivity contribution in [2.45, 2.75) is 221 Å². The molecule has 0 amide bonds. The van der Waals surface area contributed by atoms with Crippen molar-refractivity contribution in [3.8, 4) is 0 Å². The number of rotatable bonds is 17. The van der Waals surface area contributed by atoms with Crippen LogP contribution in [0, 0.1) is 35.5 Å². The molecule has 21 rings (SSSR count). The molecule has 3 aliphatic carbocycles. The van der Waals surface area contributed by atoms with Crippen LogP contribution in [0.5, 0.6) is 0 Å². The van der Waals surface area contributed by atoms with Crippen LogP contribution in [0.15, 0.2) is 379 Å². The largest absolute Gasteiger partial charge is 0.511 e. The van der Waals surface area contributed by atoms with Gasteiger partial charge in [-0.15, -0.1) is 0 Å². The molecule has 0 spiro atoms. The second-order valence-corrected chi connectivity index (χ2v) is 39.4. The maximum atomic E-state index is 12.5. The number of fused-ring (bicyclic) bond motifs is 15. The number of aliphatic hydroxyl groups is 3. The van der Waals surface area contributed by atoms with E-state index in [1.165, 1.54) is 47.7 Å². The summed E-state index contributed by atoms with van der Waals surface area (Å²) >= 11 is 3.96. The molecule has 3 fully saturated rings. The molecule has 6 atom stereocenters. The lowest BCUT2D eigenvalue weighted by Gasteiger charge is -2.19. The molecule has 144 heavy (non-hydrogen) atoms. The molecular weight excluding hydrogens is 1870 g/mol. The SMILES string of the molecule is CCC1=C(C)C2=NC1=CC1=C(C)C3=C(O)CC(=C4NC(=C(Br)C5=NC(=C2)C(CC)=C5C)[C@@H](C)[C@@H]4CCC(=O)OC)C3=N1.CCC1=C(C)C2=NC1=CC1=C(C)C3=C(O)CC(=C4NC(=C(c5ccncc5)C5=NC(=C2)C(CC)=C5C)[C@@H](C)[C@@H]4CCC(=O)O)C3=N1.CCC1=C(C)C2=NC1=CC1=C(C)C3=C(O)CC(=C4NC(=C(c5ccncc5)C5=NC(=C2)C(CC)=C5C)[C@@H](C)[C@@H]4CCC(=O)OC)C3=N1.O.O.[B]c1ccncc1.[HH].[HH].[HH].[HH].[HH].[HH]. The van der Waals surface area contributed by atoms with Gasteiger partial charge in [0.2, 0.25) is 0 Å². The Morgan fingerprint density at radius 2 is 0.646 bits per heavy atom. The maximum Gasteiger partial charge on any atom is 0.305 e. The number of methoxy groups -OCH3 is 2. The van der Waals surface area contributed by atoms with Crippen molar-refractivity contribution in [1.82, 2.24) is 30.9 Å². The first-order chi connectivity index (χ1) is 68.3. The molecule has 752 valence electrons. The zero-order valence-corrected chi connectivity index (χ0v) is 87.2. The molecule has 26 nitrogen and oxygen atoms in total. The molecule has 18 aliphatic rings. The lowest BCUT2D eigenvalue weighted by molar-refractivity contribution is -0.141. The monoisotopic (exact) mass is 2010 g/mol. The number of carboxylic acid groups (broad SMARTS) is 1. The topological polar surface area (TPSA) is 400 Å². The van der Waals surface area contributed by atoms with E-state index in [1.807, 2.05) is 63.5 Å². The Morgan fingerprint density at radius 1 is 0.368 bits per heavy atom. The second-order valence-electron chi connectivity index (χ2n) is 38.7. The minimum Gasteiger partial charge on any atom is -0.511 e. The van der Waals surface area contributed by atoms with Gasteiger partial charge in [-0.2, -0.15) is 0 Å². The summed E-state index contributed by atoms with van der Waals surface area (Å²) in [4.78, 5) is 95.7. The number of nitrogens with zero attached hydrogens (tertiary/aromatic N) is 12. The van der Waals surface area contributed by atoms with Gasteiger partial charge >= 0.3 is 17.9 Å². The average molecular weight is 2010 g/mol. The molecule has 0 saturated carbocycles. The van der Waals surface area contributed by atoms with Crippen molar-refractivity contribution in [3.05, 3.63) is 345 Å². The Morgan fingerprint density at radius 3 is 0.944 bits per heavy atom. The van der Waals surface area contributed by atoms with E-state index in [2.05, 4.69) is 181 Å². The fraction of sp³-hybridized carbons (Fsp3) is 0.353. The summed E-state index contributed by atoms with van der Waals surface area (Å²) in [5, 5.41) is 55.2. The number of hydrogen-bond donors (Lipinski definition) is 7. The van der Waals surface area contributed by atoms with Gasteiger partial charge in [0.1, 0.15) is 25.1 Å². The Hall–Kier alpha value is -14.1. The van der Waals surface area contributed by atoms with Gasteiger partial charge in [-0.1, -0.05) is 79.9 Å². The summed E-state index contributed by atoms with van der Waals surface area (Å²) in [6, 6.07) is 11.6. The molecule has 11 N–H and O–H groups in total. The van der Waals surface area contributed by atoms with Gasteiger partial charge in [-0.3, -0.25) is 29.3 Å². The molecule has 3 aromatic heterocycles. The van der Waals surface area contributed by atoms with Gasteiger partial charge in [-0.25, -0.2) is 44.9 Å². The number of aliphatic hydroxyl groups excluding tert-OH is 3. The van der Waals surface area contributed by atoms with Gasteiger partial charge in [-0.05, 0) is 291 Å². The van der Waals surface area contributed by atoms with Crippen molar-refractivity contribution < 1.29 is 63.8 Å². The van der Waals surface area contributed by atoms with Gasteiger partial charge in [0.15, 0.2) is 0 Å². The number of esters is 2. The third-order valence-electron chi connectivity index (χ3n) is 31.0. The van der Waals surface area contributed by atoms with Crippen molar-refractivity contribution >= 4 is 110 Å². The number of hydrogen-bond acceptors (Lipinski definition) is 23. The highest BCUT2D eigenvalue weighted by atomic mass is 79.9. The molecule has 0 unspecified atom stereocenters. The predicted octanol–water partition coefficient (Wildman–Crippen LogP) is 23.2. The standard InChI is InChI=1S/C39H41N5O3.C38H39N5O3.C34H37BrN4O3.C5H4BN.2H2O.6H2/c1-8-24-19(3)28-17-31-25(9-2)20(4)36(43-31)35(23-12-14-40-15-13-23)37-21(5)26(10-11-33(46)47-7)38(44-37)27-16-32(45)34-22(6)29(42-39(27)34)18-30(24)41-28;1-7-23-18(3)27-16-30-24(8-2)19(4)35(42-30)34(22-11-13-39-14-12-22)36-20(5)25(9-10-32(45)46)37(43-36)26-15-31(44)33-21(6)28(41-38(26)33)17-29(23)40-27;1-8-19-15(3)23-13-26-20(9-2)16(4)31(38-26)30(35)32-17(5)21(10-11-28(41)42-7)33(39-32)22-12-27(40)29-18(6)24(37-34(22)29)14-25(19)36-23;6-5-1-3-7-4-2-5;;;;;;;;/h12-15,17-18,21,26,44-45H,8-11,16H2,1-7H3;11-14,16-17,20,25,43-44H,7-10,15H2,1-6H3,(H,45,46);13-14,17,21,39-40H,8-12H2,1-7H3;1-4H;2*1H2;6*1H/t21-,26-;20-,25-;17-,21-;;;;;;;;;/m000........./s1. The molecule has 18 heterocycles. The van der Waals surface area contributed by atoms with E-state index in [1.54, 1.807) is 36.9 Å². The van der Waals surface area contributed by atoms with Crippen LogP contribution in [0.1, 0.15) is 241 Å². The maximum absolute atomic E-state index is 12.5. The molecule has 15 aliphatic heterocycles. The predicted molar refractivity (Wildman–Crippen MR) is 590 cm³/mol. The summed E-state index contributed by atoms with van der Waals surface area (Å²) in [6.07, 6.45) is 31.6. The van der Waals surface area contributed by atoms with Crippen LogP contribution in [0.2, 0.25) is 0 Å². The Labute approximate surface area is 860 Å². The summed E-state index contributed by atoms with van der Waals surface area (Å²) in [6.45, 7) is 38.5. The number of aliphatic carboxylic acids is 1. The van der Waals surface area contributed by atoms with E-state index in [0.29, 0.717) is 62.2 Å². The van der Waals surface area contributed by atoms with Crippen LogP contribution in [-0.4, -0.2) is 138 Å². The highest BCUT2D eigenvalue weighted by Gasteiger charge is 2.49. The number of nitrogens with one attached hydrogen (secondary N) is 3. The number of ether oxygens (including phenoxy) is 2. The Balaban J connectivity index is 0.000000217. The Kier molecular flexibility index (Phi) is 29.8. The highest BCUT2D eigenvalue weighted by molar-refractivity contribution is 9.12. The number of aliphatic imine (C=N–C) groups is 9. The van der Waals surface area contributed by atoms with Crippen molar-refractivity contribution in [1.29, 1.82) is 0 Å². The number of carbonyl (C=O) groups is 3. The normalized spacial score (nSPS) is 23.0. The lowest BCUT2D eigenvalue weighted by Crippen LogP contribution is -2.16. The first-order valence-electron chi connectivity index (χ1n) is 49.7. The highest BCUT2D eigenvalue weighted by Crippen LogP contribution is 2.55. The Bertz CT molecular complexity index is 7370. The molecule has 24 bridgehead atoms. The van der Waals surface area contributed by atoms with Gasteiger partial charge < -0.3 is 56.8 Å². The van der Waals surface area contributed by atoms with Crippen molar-refractivity contribution in [3.63, 3.8) is 0 Å². The van der Waals surface area contributed by atoms with Crippen LogP contribution in [0.4, 0.5) is 0 Å². The quantitative estimate of drug-likeness (QED) is 0.0488. The van der Waals surface area contributed by atoms with Crippen molar-refractivity contribution in [2.75, 3.05) is 14.2 Å². The fourth-order valence-electron chi connectivity index (χ4n) is 23.2. The number of halogens is 1. The van der Waals surface area contributed by atoms with E-state index in [4.69, 9.17) is 62.3 Å². The van der Waals surface area contributed by atoms with Crippen LogP contribution < -0.4 is 21.4 Å². The third kappa shape index (κ3) is 18.2. The van der Waals surface area contributed by atoms with Gasteiger partial charge in [0, 0.05) is 199 Å². The van der Waals surface area contributed by atoms with E-state index in [-0.39, 0.29) is 79.8 Å². The first kappa shape index (κ1) is 103. The number of allylic oxidation sites excluding steroid dienone is 36. The molecule has 2 radical (unpaired) electrons. The second kappa shape index (κ2) is 41.7. The van der Waals surface area contributed by atoms with E-state index >= 15 is 0 Å². The number of aromatic nitrogens is 3. The van der Waals surface area contributed by atoms with E-state index in [9.17, 15) is 34.8 Å². The minimum absolute atomic E-state index is 0. The number of carbonyl (C=O) groups excluding carboxylic acids is 2. The molecule has 28 heteroatoms. The van der Waals surface area contributed by atoms with E-state index in [0.717, 1.165) is 291 Å². The smallest absolute Gasteiger partial charge is 0.305 e. The molecule has 0 aromatic carbocycles. The zero-order valence-electron chi connectivity index (χ0n) is 85.6. The first-order valence-corrected chi connectivity index (χ1v) is 50.5. The number of carboxylic acids is 1. The summed E-state index contributed by atoms with van der Waals surface area (Å²) in [5.41, 5.74) is 48.6.